The minimum Gasteiger partial charge on any atom is -0.300 e. The van der Waals surface area contributed by atoms with Gasteiger partial charge in [-0.25, -0.2) is 0 Å². The van der Waals surface area contributed by atoms with Gasteiger partial charge in [0.05, 0.1) is 5.54 Å². The molecule has 0 spiro atoms. The lowest BCUT2D eigenvalue weighted by molar-refractivity contribution is 0.488. The number of benzene rings is 3. The number of nitrogens with one attached hydrogen (secondary N) is 1. The van der Waals surface area contributed by atoms with Gasteiger partial charge in [-0.15, -0.1) is 0 Å². The molecule has 1 nitrogen and oxygen atoms in total. The van der Waals surface area contributed by atoms with Crippen molar-refractivity contribution in [2.24, 2.45) is 0 Å². The third-order valence-corrected chi connectivity index (χ3v) is 4.74. The Bertz CT molecular complexity index is 796. The molecule has 2 heteroatoms. The summed E-state index contributed by atoms with van der Waals surface area (Å²) in [5, 5.41) is 4.49. The van der Waals surface area contributed by atoms with Crippen LogP contribution in [0, 0.1) is 6.92 Å². The fraction of sp³-hybridized carbons (Fsp3) is 0.182. The highest BCUT2D eigenvalue weighted by Crippen LogP contribution is 2.40. The van der Waals surface area contributed by atoms with Crippen molar-refractivity contribution in [3.63, 3.8) is 0 Å². The summed E-state index contributed by atoms with van der Waals surface area (Å²) in [5.41, 5.74) is 4.22. The van der Waals surface area contributed by atoms with Crippen LogP contribution in [0.3, 0.4) is 0 Å². The molecule has 0 aromatic heterocycles. The van der Waals surface area contributed by atoms with Gasteiger partial charge < -0.3 is 5.32 Å². The third-order valence-electron chi connectivity index (χ3n) is 4.41. The van der Waals surface area contributed by atoms with E-state index in [0.717, 1.165) is 17.1 Å². The van der Waals surface area contributed by atoms with E-state index >= 15 is 0 Å². The smallest absolute Gasteiger partial charge is 0.0962 e. The number of hydrogen-bond acceptors (Lipinski definition) is 1. The van der Waals surface area contributed by atoms with Gasteiger partial charge >= 0.3 is 0 Å². The lowest BCUT2D eigenvalue weighted by atomic mass is 9.76. The lowest BCUT2D eigenvalue weighted by Gasteiger charge is -2.37. The zero-order chi connectivity index (χ0) is 17.0. The Labute approximate surface area is 149 Å². The zero-order valence-electron chi connectivity index (χ0n) is 14.1. The van der Waals surface area contributed by atoms with Crippen molar-refractivity contribution in [2.75, 3.05) is 6.54 Å². The summed E-state index contributed by atoms with van der Waals surface area (Å²) in [5.74, 6) is 0. The first-order valence-corrected chi connectivity index (χ1v) is 8.69. The minimum atomic E-state index is -0.470. The van der Waals surface area contributed by atoms with Crippen LogP contribution in [0.5, 0.6) is 0 Å². The normalized spacial score (nSPS) is 13.5. The maximum Gasteiger partial charge on any atom is 0.0962 e. The topological polar surface area (TPSA) is 12.0 Å². The molecule has 3 aromatic rings. The lowest BCUT2D eigenvalue weighted by Crippen LogP contribution is -2.44. The number of rotatable bonds is 5. The molecule has 0 amide bonds. The molecule has 0 heterocycles. The molecule has 3 aromatic carbocycles. The van der Waals surface area contributed by atoms with Gasteiger partial charge in [0.1, 0.15) is 0 Å². The molecule has 0 fully saturated rings. The third kappa shape index (κ3) is 2.98. The van der Waals surface area contributed by atoms with Gasteiger partial charge in [0, 0.05) is 5.02 Å². The Morgan fingerprint density at radius 1 is 0.792 bits per heavy atom. The van der Waals surface area contributed by atoms with Crippen LogP contribution in [0.2, 0.25) is 5.02 Å². The summed E-state index contributed by atoms with van der Waals surface area (Å²) < 4.78 is 0. The number of aryl methyl sites for hydroxylation is 1. The molecule has 0 radical (unpaired) electrons. The van der Waals surface area contributed by atoms with Crippen LogP contribution in [0.25, 0.3) is 0 Å². The molecule has 0 saturated carbocycles. The van der Waals surface area contributed by atoms with E-state index < -0.39 is 5.54 Å². The first kappa shape index (κ1) is 16.8. The molecule has 0 aliphatic carbocycles. The maximum atomic E-state index is 6.64. The molecule has 122 valence electrons. The molecule has 0 aliphatic heterocycles. The van der Waals surface area contributed by atoms with Gasteiger partial charge in [0.25, 0.3) is 0 Å². The van der Waals surface area contributed by atoms with E-state index in [1.54, 1.807) is 0 Å². The highest BCUT2D eigenvalue weighted by atomic mass is 35.5. The second kappa shape index (κ2) is 7.21. The Morgan fingerprint density at radius 3 is 2.00 bits per heavy atom. The fourth-order valence-electron chi connectivity index (χ4n) is 3.30. The van der Waals surface area contributed by atoms with Crippen molar-refractivity contribution < 1.29 is 0 Å². The van der Waals surface area contributed by atoms with Crippen molar-refractivity contribution in [3.8, 4) is 0 Å². The molecule has 1 unspecified atom stereocenters. The number of hydrogen-bond donors (Lipinski definition) is 1. The summed E-state index contributed by atoms with van der Waals surface area (Å²) in [4.78, 5) is 0. The highest BCUT2D eigenvalue weighted by Gasteiger charge is 2.36. The van der Waals surface area contributed by atoms with E-state index in [2.05, 4.69) is 73.8 Å². The van der Waals surface area contributed by atoms with E-state index in [1.165, 1.54) is 16.7 Å². The van der Waals surface area contributed by atoms with E-state index in [9.17, 15) is 0 Å². The van der Waals surface area contributed by atoms with Crippen molar-refractivity contribution in [2.45, 2.75) is 19.4 Å². The molecule has 0 aliphatic rings. The van der Waals surface area contributed by atoms with Crippen molar-refractivity contribution in [3.05, 3.63) is 106 Å². The average Bonchev–Trinajstić information content (AvgIpc) is 2.62. The van der Waals surface area contributed by atoms with E-state index in [-0.39, 0.29) is 0 Å². The summed E-state index contributed by atoms with van der Waals surface area (Å²) in [6.07, 6.45) is 0. The predicted molar refractivity (Wildman–Crippen MR) is 103 cm³/mol. The average molecular weight is 336 g/mol. The van der Waals surface area contributed by atoms with Crippen LogP contribution in [0.1, 0.15) is 29.2 Å². The predicted octanol–water partition coefficient (Wildman–Crippen LogP) is 5.55. The molecule has 0 saturated heterocycles. The molecular formula is C22H22ClN. The molecule has 0 bridgehead atoms. The molecule has 1 atom stereocenters. The van der Waals surface area contributed by atoms with Gasteiger partial charge in [0.15, 0.2) is 0 Å². The van der Waals surface area contributed by atoms with Crippen LogP contribution < -0.4 is 5.32 Å². The van der Waals surface area contributed by atoms with Crippen LogP contribution in [0.4, 0.5) is 0 Å². The Hall–Kier alpha value is -2.09. The molecule has 1 N–H and O–H groups in total. The highest BCUT2D eigenvalue weighted by molar-refractivity contribution is 6.31. The van der Waals surface area contributed by atoms with E-state index in [0.29, 0.717) is 0 Å². The molecule has 3 rings (SSSR count). The van der Waals surface area contributed by atoms with Crippen molar-refractivity contribution >= 4 is 11.6 Å². The van der Waals surface area contributed by atoms with E-state index in [4.69, 9.17) is 11.6 Å². The quantitative estimate of drug-likeness (QED) is 0.603. The van der Waals surface area contributed by atoms with E-state index in [1.807, 2.05) is 24.3 Å². The van der Waals surface area contributed by atoms with Crippen molar-refractivity contribution in [1.82, 2.24) is 5.32 Å². The monoisotopic (exact) mass is 335 g/mol. The Kier molecular flexibility index (Phi) is 5.03. The van der Waals surface area contributed by atoms with Crippen LogP contribution in [0.15, 0.2) is 78.9 Å². The zero-order valence-corrected chi connectivity index (χ0v) is 14.8. The van der Waals surface area contributed by atoms with Gasteiger partial charge in [-0.05, 0) is 36.2 Å². The van der Waals surface area contributed by atoms with Crippen LogP contribution in [-0.2, 0) is 5.54 Å². The second-order valence-corrected chi connectivity index (χ2v) is 6.40. The fourth-order valence-corrected chi connectivity index (χ4v) is 3.58. The minimum absolute atomic E-state index is 0.470. The summed E-state index contributed by atoms with van der Waals surface area (Å²) in [6.45, 7) is 5.06. The second-order valence-electron chi connectivity index (χ2n) is 5.99. The Morgan fingerprint density at radius 2 is 1.38 bits per heavy atom. The summed E-state index contributed by atoms with van der Waals surface area (Å²) in [7, 11) is 0. The van der Waals surface area contributed by atoms with Gasteiger partial charge in [-0.2, -0.15) is 0 Å². The largest absolute Gasteiger partial charge is 0.300 e. The standard InChI is InChI=1S/C22H22ClN/c1-3-24-22(18-9-5-4-6-10-18,19-15-13-17(2)14-16-19)20-11-7-8-12-21(20)23/h4-16,24H,3H2,1-2H3. The summed E-state index contributed by atoms with van der Waals surface area (Å²) >= 11 is 6.64. The van der Waals surface area contributed by atoms with Gasteiger partial charge in [0.2, 0.25) is 0 Å². The molecule has 24 heavy (non-hydrogen) atoms. The maximum absolute atomic E-state index is 6.64. The summed E-state index contributed by atoms with van der Waals surface area (Å²) in [6, 6.07) is 27.3. The first-order valence-electron chi connectivity index (χ1n) is 8.31. The first-order chi connectivity index (χ1) is 11.7. The SMILES string of the molecule is CCNC(c1ccccc1)(c1ccc(C)cc1)c1ccccc1Cl. The van der Waals surface area contributed by atoms with Gasteiger partial charge in [-0.3, -0.25) is 0 Å². The Balaban J connectivity index is 2.33. The van der Waals surface area contributed by atoms with Crippen LogP contribution >= 0.6 is 11.6 Å². The van der Waals surface area contributed by atoms with Crippen molar-refractivity contribution in [1.29, 1.82) is 0 Å². The van der Waals surface area contributed by atoms with Gasteiger partial charge in [-0.1, -0.05) is 96.9 Å². The molecular weight excluding hydrogens is 314 g/mol. The van der Waals surface area contributed by atoms with Crippen LogP contribution in [-0.4, -0.2) is 6.54 Å². The number of halogens is 1.